The van der Waals surface area contributed by atoms with Gasteiger partial charge in [-0.15, -0.1) is 0 Å². The Hall–Kier alpha value is -2.42. The second-order valence-corrected chi connectivity index (χ2v) is 6.67. The number of aliphatic carboxylic acids is 1. The fourth-order valence-corrected chi connectivity index (χ4v) is 2.26. The number of rotatable bonds is 12. The van der Waals surface area contributed by atoms with Gasteiger partial charge in [0.1, 0.15) is 18.1 Å². The Balaban J connectivity index is 5.30. The van der Waals surface area contributed by atoms with Crippen LogP contribution in [0.5, 0.6) is 0 Å². The molecule has 0 aliphatic heterocycles. The zero-order valence-electron chi connectivity index (χ0n) is 15.9. The first-order valence-electron chi connectivity index (χ1n) is 8.46. The minimum absolute atomic E-state index is 0.222. The van der Waals surface area contributed by atoms with Crippen molar-refractivity contribution in [1.82, 2.24) is 16.0 Å². The standard InChI is InChI=1S/C15H27N5O8S/c1-5(21)10(17)14(26)19-8(4-29)13(25)18-7(3-9(16)23)12(24)20-11(6(2)22)15(27)28/h5-8,10-11,21-22,29H,3-4,17H2,1-2H3,(H2,16,23)(H,18,25)(H,19,26)(H,20,24)(H,27,28). The molecular formula is C15H27N5O8S. The third kappa shape index (κ3) is 9.08. The molecule has 0 fully saturated rings. The zero-order valence-corrected chi connectivity index (χ0v) is 16.8. The molecule has 10 N–H and O–H groups in total. The van der Waals surface area contributed by atoms with E-state index in [-0.39, 0.29) is 5.75 Å². The van der Waals surface area contributed by atoms with Gasteiger partial charge >= 0.3 is 5.97 Å². The van der Waals surface area contributed by atoms with Crippen LogP contribution in [0.2, 0.25) is 0 Å². The molecular weight excluding hydrogens is 410 g/mol. The van der Waals surface area contributed by atoms with Gasteiger partial charge in [-0.25, -0.2) is 4.79 Å². The van der Waals surface area contributed by atoms with Crippen LogP contribution in [-0.4, -0.2) is 87.0 Å². The van der Waals surface area contributed by atoms with Crippen LogP contribution in [-0.2, 0) is 24.0 Å². The highest BCUT2D eigenvalue weighted by molar-refractivity contribution is 7.80. The number of nitrogens with two attached hydrogens (primary N) is 2. The van der Waals surface area contributed by atoms with E-state index in [1.165, 1.54) is 6.92 Å². The Morgan fingerprint density at radius 3 is 1.76 bits per heavy atom. The molecule has 0 bridgehead atoms. The number of carbonyl (C=O) groups excluding carboxylic acids is 4. The quantitative estimate of drug-likeness (QED) is 0.133. The van der Waals surface area contributed by atoms with Gasteiger partial charge in [-0.1, -0.05) is 0 Å². The molecule has 0 aromatic heterocycles. The number of hydrogen-bond donors (Lipinski definition) is 9. The Morgan fingerprint density at radius 2 is 1.38 bits per heavy atom. The van der Waals surface area contributed by atoms with Crippen LogP contribution in [0.25, 0.3) is 0 Å². The first-order chi connectivity index (χ1) is 13.3. The van der Waals surface area contributed by atoms with E-state index in [4.69, 9.17) is 16.6 Å². The number of carbonyl (C=O) groups is 5. The van der Waals surface area contributed by atoms with E-state index in [0.717, 1.165) is 6.92 Å². The highest BCUT2D eigenvalue weighted by Crippen LogP contribution is 2.00. The molecule has 0 spiro atoms. The molecule has 0 heterocycles. The van der Waals surface area contributed by atoms with E-state index >= 15 is 0 Å². The third-order valence-electron chi connectivity index (χ3n) is 3.72. The van der Waals surface area contributed by atoms with Crippen molar-refractivity contribution >= 4 is 42.2 Å². The SMILES string of the molecule is CC(O)C(N)C(=O)NC(CS)C(=O)NC(CC(N)=O)C(=O)NC(C(=O)O)C(C)O. The zero-order chi connectivity index (χ0) is 22.9. The normalized spacial score (nSPS) is 17.0. The van der Waals surface area contributed by atoms with E-state index in [0.29, 0.717) is 0 Å². The first-order valence-corrected chi connectivity index (χ1v) is 9.09. The van der Waals surface area contributed by atoms with Crippen LogP contribution in [0.4, 0.5) is 0 Å². The molecule has 6 atom stereocenters. The second-order valence-electron chi connectivity index (χ2n) is 6.31. The van der Waals surface area contributed by atoms with Crippen molar-refractivity contribution in [2.45, 2.75) is 56.6 Å². The van der Waals surface area contributed by atoms with Gasteiger partial charge in [0.05, 0.1) is 18.6 Å². The predicted molar refractivity (Wildman–Crippen MR) is 102 cm³/mol. The van der Waals surface area contributed by atoms with Gasteiger partial charge in [0.2, 0.25) is 23.6 Å². The smallest absolute Gasteiger partial charge is 0.328 e. The molecule has 4 amide bonds. The van der Waals surface area contributed by atoms with Crippen LogP contribution in [0.3, 0.4) is 0 Å². The van der Waals surface area contributed by atoms with Crippen molar-refractivity contribution in [3.63, 3.8) is 0 Å². The van der Waals surface area contributed by atoms with Crippen molar-refractivity contribution in [3.8, 4) is 0 Å². The van der Waals surface area contributed by atoms with E-state index < -0.39 is 72.4 Å². The van der Waals surface area contributed by atoms with Gasteiger partial charge in [-0.3, -0.25) is 19.2 Å². The maximum Gasteiger partial charge on any atom is 0.328 e. The summed E-state index contributed by atoms with van der Waals surface area (Å²) in [5.41, 5.74) is 10.5. The maximum atomic E-state index is 12.4. The van der Waals surface area contributed by atoms with Crippen LogP contribution >= 0.6 is 12.6 Å². The minimum atomic E-state index is -1.70. The summed E-state index contributed by atoms with van der Waals surface area (Å²) in [6.07, 6.45) is -3.34. The third-order valence-corrected chi connectivity index (χ3v) is 4.09. The molecule has 0 aliphatic carbocycles. The molecule has 0 rings (SSSR count). The molecule has 0 saturated carbocycles. The molecule has 0 aromatic rings. The van der Waals surface area contributed by atoms with Gasteiger partial charge in [0, 0.05) is 5.75 Å². The van der Waals surface area contributed by atoms with Gasteiger partial charge in [-0.2, -0.15) is 12.6 Å². The second kappa shape index (κ2) is 12.2. The highest BCUT2D eigenvalue weighted by atomic mass is 32.1. The highest BCUT2D eigenvalue weighted by Gasteiger charge is 2.32. The molecule has 0 radical (unpaired) electrons. The average molecular weight is 437 g/mol. The lowest BCUT2D eigenvalue weighted by atomic mass is 10.1. The first kappa shape index (κ1) is 26.6. The number of hydrogen-bond acceptors (Lipinski definition) is 9. The molecule has 0 aliphatic rings. The summed E-state index contributed by atoms with van der Waals surface area (Å²) in [4.78, 5) is 58.9. The summed E-state index contributed by atoms with van der Waals surface area (Å²) in [5, 5.41) is 34.2. The Kier molecular flexibility index (Phi) is 11.2. The van der Waals surface area contributed by atoms with Crippen molar-refractivity contribution < 1.29 is 39.3 Å². The summed E-state index contributed by atoms with van der Waals surface area (Å²) < 4.78 is 0. The summed E-state index contributed by atoms with van der Waals surface area (Å²) in [7, 11) is 0. The van der Waals surface area contributed by atoms with E-state index in [2.05, 4.69) is 23.3 Å². The Bertz CT molecular complexity index is 630. The van der Waals surface area contributed by atoms with Crippen LogP contribution in [0.1, 0.15) is 20.3 Å². The maximum absolute atomic E-state index is 12.4. The molecule has 0 saturated heterocycles. The van der Waals surface area contributed by atoms with Gasteiger partial charge in [0.15, 0.2) is 6.04 Å². The lowest BCUT2D eigenvalue weighted by Crippen LogP contribution is -2.59. The van der Waals surface area contributed by atoms with E-state index in [1.807, 2.05) is 5.32 Å². The summed E-state index contributed by atoms with van der Waals surface area (Å²) in [6, 6.07) is -5.88. The largest absolute Gasteiger partial charge is 0.480 e. The molecule has 0 aromatic carbocycles. The molecule has 29 heavy (non-hydrogen) atoms. The number of aliphatic hydroxyl groups excluding tert-OH is 2. The van der Waals surface area contributed by atoms with Crippen molar-refractivity contribution in [3.05, 3.63) is 0 Å². The Morgan fingerprint density at radius 1 is 0.897 bits per heavy atom. The molecule has 13 nitrogen and oxygen atoms in total. The van der Waals surface area contributed by atoms with Gasteiger partial charge in [-0.05, 0) is 13.8 Å². The number of carboxylic acid groups (broad SMARTS) is 1. The van der Waals surface area contributed by atoms with Crippen molar-refractivity contribution in [1.29, 1.82) is 0 Å². The van der Waals surface area contributed by atoms with Crippen LogP contribution in [0.15, 0.2) is 0 Å². The van der Waals surface area contributed by atoms with E-state index in [1.54, 1.807) is 0 Å². The van der Waals surface area contributed by atoms with Crippen molar-refractivity contribution in [2.75, 3.05) is 5.75 Å². The lowest BCUT2D eigenvalue weighted by Gasteiger charge is -2.25. The molecule has 6 unspecified atom stereocenters. The number of carboxylic acids is 1. The number of primary amides is 1. The topological polar surface area (TPSA) is 234 Å². The summed E-state index contributed by atoms with van der Waals surface area (Å²) in [5.74, 6) is -5.61. The number of nitrogens with one attached hydrogen (secondary N) is 3. The van der Waals surface area contributed by atoms with Gasteiger partial charge < -0.3 is 42.7 Å². The monoisotopic (exact) mass is 437 g/mol. The number of thiol groups is 1. The fraction of sp³-hybridized carbons (Fsp3) is 0.667. The van der Waals surface area contributed by atoms with Gasteiger partial charge in [0.25, 0.3) is 0 Å². The fourth-order valence-electron chi connectivity index (χ4n) is 2.01. The van der Waals surface area contributed by atoms with E-state index in [9.17, 15) is 34.2 Å². The number of amides is 4. The van der Waals surface area contributed by atoms with Crippen molar-refractivity contribution in [2.24, 2.45) is 11.5 Å². The number of aliphatic hydroxyl groups is 2. The average Bonchev–Trinajstić information content (AvgIpc) is 2.61. The van der Waals surface area contributed by atoms with Crippen LogP contribution < -0.4 is 27.4 Å². The molecule has 14 heteroatoms. The lowest BCUT2D eigenvalue weighted by molar-refractivity contribution is -0.145. The Labute approximate surface area is 172 Å². The summed E-state index contributed by atoms with van der Waals surface area (Å²) >= 11 is 3.92. The molecule has 166 valence electrons. The summed E-state index contributed by atoms with van der Waals surface area (Å²) in [6.45, 7) is 2.40. The van der Waals surface area contributed by atoms with Crippen LogP contribution in [0, 0.1) is 0 Å². The predicted octanol–water partition coefficient (Wildman–Crippen LogP) is -4.58. The minimum Gasteiger partial charge on any atom is -0.480 e.